The molecule has 0 aliphatic carbocycles. The van der Waals surface area contributed by atoms with Crippen molar-refractivity contribution >= 4 is 34.6 Å². The Morgan fingerprint density at radius 3 is 2.90 bits per heavy atom. The van der Waals surface area contributed by atoms with Crippen molar-refractivity contribution in [1.82, 2.24) is 9.97 Å². The highest BCUT2D eigenvalue weighted by Crippen LogP contribution is 2.35. The number of nitrogens with zero attached hydrogens (tertiary/aromatic N) is 1. The molecular weight excluding hydrogens is 286 g/mol. The number of ether oxygens (including phenoxy) is 2. The summed E-state index contributed by atoms with van der Waals surface area (Å²) in [5.41, 5.74) is 1.82. The van der Waals surface area contributed by atoms with Crippen LogP contribution in [0.4, 0.5) is 11.5 Å². The summed E-state index contributed by atoms with van der Waals surface area (Å²) in [5, 5.41) is 4.26. The van der Waals surface area contributed by atoms with E-state index in [9.17, 15) is 0 Å². The van der Waals surface area contributed by atoms with Crippen LogP contribution in [0.2, 0.25) is 0 Å². The fraction of sp³-hybridized carbons (Fsp3) is 0.0667. The smallest absolute Gasteiger partial charge is 0.231 e. The highest BCUT2D eigenvalue weighted by molar-refractivity contribution is 7.71. The molecule has 0 saturated carbocycles. The van der Waals surface area contributed by atoms with Crippen LogP contribution in [-0.2, 0) is 0 Å². The molecule has 5 nitrogen and oxygen atoms in total. The van der Waals surface area contributed by atoms with E-state index in [0.717, 1.165) is 28.1 Å². The predicted molar refractivity (Wildman–Crippen MR) is 82.8 cm³/mol. The molecular formula is C15H11N3O2S. The topological polar surface area (TPSA) is 59.2 Å². The zero-order valence-electron chi connectivity index (χ0n) is 10.9. The number of rotatable bonds is 2. The zero-order valence-corrected chi connectivity index (χ0v) is 11.7. The van der Waals surface area contributed by atoms with Gasteiger partial charge in [-0.25, -0.2) is 4.98 Å². The lowest BCUT2D eigenvalue weighted by molar-refractivity contribution is 0.174. The average Bonchev–Trinajstić information content (AvgIpc) is 2.94. The van der Waals surface area contributed by atoms with Crippen molar-refractivity contribution in [2.24, 2.45) is 0 Å². The standard InChI is InChI=1S/C15H11N3O2S/c21-15-17-11-4-2-1-3-10(11)14(18-15)16-9-5-6-12-13(7-9)20-8-19-12/h1-7H,8H2,(H2,16,17,18,21). The Labute approximate surface area is 125 Å². The number of hydrogen-bond donors (Lipinski definition) is 2. The number of aromatic amines is 1. The Kier molecular flexibility index (Phi) is 2.75. The van der Waals surface area contributed by atoms with Crippen LogP contribution in [-0.4, -0.2) is 16.8 Å². The molecule has 0 radical (unpaired) electrons. The predicted octanol–water partition coefficient (Wildman–Crippen LogP) is 3.76. The maximum absolute atomic E-state index is 5.38. The van der Waals surface area contributed by atoms with Gasteiger partial charge in [-0.15, -0.1) is 0 Å². The van der Waals surface area contributed by atoms with Crippen LogP contribution in [0.5, 0.6) is 11.5 Å². The second kappa shape index (κ2) is 4.75. The number of H-pyrrole nitrogens is 1. The molecule has 2 aromatic carbocycles. The molecule has 1 aliphatic rings. The van der Waals surface area contributed by atoms with Crippen molar-refractivity contribution in [3.8, 4) is 11.5 Å². The van der Waals surface area contributed by atoms with E-state index in [0.29, 0.717) is 10.6 Å². The van der Waals surface area contributed by atoms with Crippen molar-refractivity contribution < 1.29 is 9.47 Å². The second-order valence-corrected chi connectivity index (χ2v) is 5.02. The van der Waals surface area contributed by atoms with Gasteiger partial charge in [0.2, 0.25) is 6.79 Å². The highest BCUT2D eigenvalue weighted by atomic mass is 32.1. The highest BCUT2D eigenvalue weighted by Gasteiger charge is 2.13. The van der Waals surface area contributed by atoms with Gasteiger partial charge in [0, 0.05) is 17.1 Å². The van der Waals surface area contributed by atoms with Gasteiger partial charge in [-0.1, -0.05) is 12.1 Å². The van der Waals surface area contributed by atoms with Gasteiger partial charge in [-0.2, -0.15) is 0 Å². The van der Waals surface area contributed by atoms with Gasteiger partial charge in [-0.05, 0) is 36.5 Å². The van der Waals surface area contributed by atoms with Gasteiger partial charge in [0.1, 0.15) is 5.82 Å². The zero-order chi connectivity index (χ0) is 14.2. The maximum atomic E-state index is 5.38. The first-order valence-electron chi connectivity index (χ1n) is 6.45. The summed E-state index contributed by atoms with van der Waals surface area (Å²) in [6.07, 6.45) is 0. The molecule has 104 valence electrons. The van der Waals surface area contributed by atoms with Gasteiger partial charge in [0.25, 0.3) is 0 Å². The van der Waals surface area contributed by atoms with Crippen LogP contribution in [0, 0.1) is 4.77 Å². The number of fused-ring (bicyclic) bond motifs is 2. The monoisotopic (exact) mass is 297 g/mol. The van der Waals surface area contributed by atoms with Crippen molar-refractivity contribution in [3.05, 3.63) is 47.2 Å². The summed E-state index contributed by atoms with van der Waals surface area (Å²) in [5.74, 6) is 2.20. The quantitative estimate of drug-likeness (QED) is 0.705. The van der Waals surface area contributed by atoms with Gasteiger partial charge in [0.05, 0.1) is 5.52 Å². The van der Waals surface area contributed by atoms with Crippen molar-refractivity contribution in [3.63, 3.8) is 0 Å². The Morgan fingerprint density at radius 2 is 1.95 bits per heavy atom. The molecule has 0 unspecified atom stereocenters. The Balaban J connectivity index is 1.79. The number of aromatic nitrogens is 2. The van der Waals surface area contributed by atoms with E-state index < -0.39 is 0 Å². The molecule has 1 aromatic heterocycles. The minimum absolute atomic E-state index is 0.260. The normalized spacial score (nSPS) is 12.6. The Hall–Kier alpha value is -2.60. The lowest BCUT2D eigenvalue weighted by Crippen LogP contribution is -1.97. The van der Waals surface area contributed by atoms with Crippen LogP contribution in [0.25, 0.3) is 10.9 Å². The van der Waals surface area contributed by atoms with Gasteiger partial charge in [-0.3, -0.25) is 0 Å². The molecule has 2 N–H and O–H groups in total. The fourth-order valence-corrected chi connectivity index (χ4v) is 2.51. The third-order valence-electron chi connectivity index (χ3n) is 3.27. The van der Waals surface area contributed by atoms with E-state index in [1.807, 2.05) is 42.5 Å². The maximum Gasteiger partial charge on any atom is 0.231 e. The van der Waals surface area contributed by atoms with E-state index in [-0.39, 0.29) is 6.79 Å². The first-order valence-corrected chi connectivity index (χ1v) is 6.86. The summed E-state index contributed by atoms with van der Waals surface area (Å²) in [4.78, 5) is 7.44. The van der Waals surface area contributed by atoms with Crippen LogP contribution < -0.4 is 14.8 Å². The largest absolute Gasteiger partial charge is 0.454 e. The molecule has 0 spiro atoms. The number of benzene rings is 2. The molecule has 6 heteroatoms. The molecule has 0 atom stereocenters. The van der Waals surface area contributed by atoms with Gasteiger partial charge < -0.3 is 19.8 Å². The third-order valence-corrected chi connectivity index (χ3v) is 3.47. The minimum atomic E-state index is 0.260. The third kappa shape index (κ3) is 2.19. The van der Waals surface area contributed by atoms with Crippen LogP contribution in [0.1, 0.15) is 0 Å². The van der Waals surface area contributed by atoms with Crippen molar-refractivity contribution in [2.75, 3.05) is 12.1 Å². The summed E-state index contributed by atoms with van der Waals surface area (Å²) < 4.78 is 11.1. The molecule has 0 bridgehead atoms. The van der Waals surface area contributed by atoms with Gasteiger partial charge in [0.15, 0.2) is 16.3 Å². The van der Waals surface area contributed by atoms with Crippen molar-refractivity contribution in [2.45, 2.75) is 0 Å². The fourth-order valence-electron chi connectivity index (χ4n) is 2.31. The van der Waals surface area contributed by atoms with E-state index in [1.165, 1.54) is 0 Å². The molecule has 3 aromatic rings. The molecule has 2 heterocycles. The molecule has 21 heavy (non-hydrogen) atoms. The molecule has 0 amide bonds. The lowest BCUT2D eigenvalue weighted by atomic mass is 10.2. The Morgan fingerprint density at radius 1 is 1.10 bits per heavy atom. The molecule has 0 saturated heterocycles. The van der Waals surface area contributed by atoms with E-state index in [4.69, 9.17) is 21.7 Å². The summed E-state index contributed by atoms with van der Waals surface area (Å²) >= 11 is 5.17. The minimum Gasteiger partial charge on any atom is -0.454 e. The molecule has 4 rings (SSSR count). The SMILES string of the molecule is S=c1nc(Nc2ccc3c(c2)OCO3)c2ccccc2[nH]1. The first kappa shape index (κ1) is 12.2. The number of hydrogen-bond acceptors (Lipinski definition) is 5. The summed E-state index contributed by atoms with van der Waals surface area (Å²) in [7, 11) is 0. The number of anilines is 2. The van der Waals surface area contributed by atoms with Crippen LogP contribution >= 0.6 is 12.2 Å². The summed E-state index contributed by atoms with van der Waals surface area (Å²) in [6, 6.07) is 13.6. The van der Waals surface area contributed by atoms with E-state index >= 15 is 0 Å². The molecule has 1 aliphatic heterocycles. The second-order valence-electron chi connectivity index (χ2n) is 4.63. The summed E-state index contributed by atoms with van der Waals surface area (Å²) in [6.45, 7) is 0.260. The van der Waals surface area contributed by atoms with Crippen LogP contribution in [0.3, 0.4) is 0 Å². The Bertz CT molecular complexity index is 891. The van der Waals surface area contributed by atoms with Crippen LogP contribution in [0.15, 0.2) is 42.5 Å². The molecule has 0 fully saturated rings. The van der Waals surface area contributed by atoms with Crippen molar-refractivity contribution in [1.29, 1.82) is 0 Å². The van der Waals surface area contributed by atoms with Gasteiger partial charge >= 0.3 is 0 Å². The van der Waals surface area contributed by atoms with E-state index in [1.54, 1.807) is 0 Å². The number of nitrogens with one attached hydrogen (secondary N) is 2. The van der Waals surface area contributed by atoms with E-state index in [2.05, 4.69) is 15.3 Å². The first-order chi connectivity index (χ1) is 10.3. The average molecular weight is 297 g/mol. The number of para-hydroxylation sites is 1. The lowest BCUT2D eigenvalue weighted by Gasteiger charge is -2.09.